The van der Waals surface area contributed by atoms with Gasteiger partial charge in [-0.25, -0.2) is 4.98 Å². The molecular formula is C13H22N4. The van der Waals surface area contributed by atoms with Crippen LogP contribution in [0.1, 0.15) is 38.8 Å². The number of hydrogen-bond donors (Lipinski definition) is 2. The van der Waals surface area contributed by atoms with Gasteiger partial charge in [0.05, 0.1) is 0 Å². The minimum atomic E-state index is 0.596. The summed E-state index contributed by atoms with van der Waals surface area (Å²) in [4.78, 5) is 8.86. The van der Waals surface area contributed by atoms with E-state index in [1.165, 1.54) is 12.8 Å². The van der Waals surface area contributed by atoms with Crippen molar-refractivity contribution in [1.82, 2.24) is 9.97 Å². The molecule has 1 fully saturated rings. The number of aromatic nitrogens is 2. The first kappa shape index (κ1) is 12.1. The van der Waals surface area contributed by atoms with Gasteiger partial charge in [-0.1, -0.05) is 13.8 Å². The van der Waals surface area contributed by atoms with E-state index >= 15 is 0 Å². The summed E-state index contributed by atoms with van der Waals surface area (Å²) in [7, 11) is 0. The molecule has 17 heavy (non-hydrogen) atoms. The molecule has 0 spiro atoms. The zero-order valence-corrected chi connectivity index (χ0v) is 11.0. The molecule has 0 aliphatic heterocycles. The Labute approximate surface area is 103 Å². The second-order valence-electron chi connectivity index (χ2n) is 5.06. The summed E-state index contributed by atoms with van der Waals surface area (Å²) in [6, 6.07) is 2.61. The molecule has 0 bridgehead atoms. The number of hydrogen-bond acceptors (Lipinski definition) is 4. The van der Waals surface area contributed by atoms with Gasteiger partial charge in [0.2, 0.25) is 5.95 Å². The van der Waals surface area contributed by atoms with Crippen LogP contribution in [-0.2, 0) is 0 Å². The largest absolute Gasteiger partial charge is 0.367 e. The number of nitrogens with zero attached hydrogens (tertiary/aromatic N) is 2. The first-order valence-corrected chi connectivity index (χ1v) is 6.53. The zero-order valence-electron chi connectivity index (χ0n) is 11.0. The Kier molecular flexibility index (Phi) is 3.82. The summed E-state index contributed by atoms with van der Waals surface area (Å²) in [5, 5.41) is 6.71. The topological polar surface area (TPSA) is 49.8 Å². The summed E-state index contributed by atoms with van der Waals surface area (Å²) in [5.74, 6) is 2.54. The number of aryl methyl sites for hydroxylation is 1. The Morgan fingerprint density at radius 3 is 2.76 bits per heavy atom. The van der Waals surface area contributed by atoms with Crippen LogP contribution in [0.3, 0.4) is 0 Å². The van der Waals surface area contributed by atoms with Crippen molar-refractivity contribution in [1.29, 1.82) is 0 Å². The maximum Gasteiger partial charge on any atom is 0.224 e. The van der Waals surface area contributed by atoms with Crippen molar-refractivity contribution in [3.8, 4) is 0 Å². The molecule has 4 heteroatoms. The maximum absolute atomic E-state index is 4.48. The summed E-state index contributed by atoms with van der Waals surface area (Å²) in [5.41, 5.74) is 1.01. The van der Waals surface area contributed by atoms with Gasteiger partial charge in [-0.05, 0) is 32.1 Å². The van der Waals surface area contributed by atoms with Crippen LogP contribution in [0.2, 0.25) is 0 Å². The molecule has 94 valence electrons. The standard InChI is InChI=1S/C13H22N4/c1-4-5-14-13-15-10(3)8-12(17-13)16-11-6-9(2)7-11/h8-9,11H,4-7H2,1-3H3,(H2,14,15,16,17). The van der Waals surface area contributed by atoms with E-state index in [0.29, 0.717) is 6.04 Å². The smallest absolute Gasteiger partial charge is 0.224 e. The highest BCUT2D eigenvalue weighted by Gasteiger charge is 2.25. The Balaban J connectivity index is 1.98. The second kappa shape index (κ2) is 5.34. The number of anilines is 2. The molecule has 1 aliphatic carbocycles. The van der Waals surface area contributed by atoms with Crippen molar-refractivity contribution in [2.75, 3.05) is 17.2 Å². The lowest BCUT2D eigenvalue weighted by Gasteiger charge is -2.33. The van der Waals surface area contributed by atoms with Crippen LogP contribution in [0.15, 0.2) is 6.07 Å². The lowest BCUT2D eigenvalue weighted by Crippen LogP contribution is -2.34. The fourth-order valence-corrected chi connectivity index (χ4v) is 2.19. The lowest BCUT2D eigenvalue weighted by molar-refractivity contribution is 0.308. The summed E-state index contributed by atoms with van der Waals surface area (Å²) in [6.45, 7) is 7.35. The third-order valence-electron chi connectivity index (χ3n) is 3.11. The molecular weight excluding hydrogens is 212 g/mol. The Morgan fingerprint density at radius 1 is 1.35 bits per heavy atom. The van der Waals surface area contributed by atoms with Crippen molar-refractivity contribution in [3.63, 3.8) is 0 Å². The van der Waals surface area contributed by atoms with E-state index in [9.17, 15) is 0 Å². The van der Waals surface area contributed by atoms with E-state index in [2.05, 4.69) is 34.4 Å². The summed E-state index contributed by atoms with van der Waals surface area (Å²) >= 11 is 0. The van der Waals surface area contributed by atoms with Crippen LogP contribution in [-0.4, -0.2) is 22.6 Å². The van der Waals surface area contributed by atoms with Crippen molar-refractivity contribution in [2.45, 2.75) is 46.1 Å². The minimum Gasteiger partial charge on any atom is -0.367 e. The van der Waals surface area contributed by atoms with Gasteiger partial charge in [-0.15, -0.1) is 0 Å². The highest BCUT2D eigenvalue weighted by Crippen LogP contribution is 2.29. The zero-order chi connectivity index (χ0) is 12.3. The molecule has 0 saturated heterocycles. The fourth-order valence-electron chi connectivity index (χ4n) is 2.19. The Bertz CT molecular complexity index is 372. The molecule has 0 unspecified atom stereocenters. The predicted octanol–water partition coefficient (Wildman–Crippen LogP) is 2.82. The van der Waals surface area contributed by atoms with Gasteiger partial charge < -0.3 is 10.6 Å². The van der Waals surface area contributed by atoms with Crippen LogP contribution in [0.25, 0.3) is 0 Å². The van der Waals surface area contributed by atoms with Crippen LogP contribution in [0.5, 0.6) is 0 Å². The van der Waals surface area contributed by atoms with Crippen LogP contribution in [0, 0.1) is 12.8 Å². The summed E-state index contributed by atoms with van der Waals surface area (Å²) in [6.07, 6.45) is 3.59. The molecule has 1 aromatic heterocycles. The average Bonchev–Trinajstić information content (AvgIpc) is 2.23. The number of nitrogens with one attached hydrogen (secondary N) is 2. The SMILES string of the molecule is CCCNc1nc(C)cc(NC2CC(C)C2)n1. The Hall–Kier alpha value is -1.32. The first-order chi connectivity index (χ1) is 8.17. The van der Waals surface area contributed by atoms with E-state index in [1.54, 1.807) is 0 Å². The molecule has 1 aliphatic rings. The van der Waals surface area contributed by atoms with E-state index in [4.69, 9.17) is 0 Å². The minimum absolute atomic E-state index is 0.596. The van der Waals surface area contributed by atoms with Gasteiger partial charge in [0.15, 0.2) is 0 Å². The molecule has 2 rings (SSSR count). The molecule has 2 N–H and O–H groups in total. The van der Waals surface area contributed by atoms with E-state index in [0.717, 1.165) is 36.3 Å². The first-order valence-electron chi connectivity index (χ1n) is 6.53. The van der Waals surface area contributed by atoms with Crippen molar-refractivity contribution >= 4 is 11.8 Å². The highest BCUT2D eigenvalue weighted by atomic mass is 15.1. The van der Waals surface area contributed by atoms with Crippen LogP contribution >= 0.6 is 0 Å². The molecule has 1 heterocycles. The molecule has 0 atom stereocenters. The quantitative estimate of drug-likeness (QED) is 0.822. The van der Waals surface area contributed by atoms with Crippen LogP contribution in [0.4, 0.5) is 11.8 Å². The van der Waals surface area contributed by atoms with Crippen molar-refractivity contribution in [2.24, 2.45) is 5.92 Å². The monoisotopic (exact) mass is 234 g/mol. The Morgan fingerprint density at radius 2 is 2.12 bits per heavy atom. The molecule has 4 nitrogen and oxygen atoms in total. The third-order valence-corrected chi connectivity index (χ3v) is 3.11. The highest BCUT2D eigenvalue weighted by molar-refractivity contribution is 5.43. The molecule has 0 radical (unpaired) electrons. The molecule has 1 saturated carbocycles. The van der Waals surface area contributed by atoms with E-state index in [-0.39, 0.29) is 0 Å². The summed E-state index contributed by atoms with van der Waals surface area (Å²) < 4.78 is 0. The van der Waals surface area contributed by atoms with Gasteiger partial charge in [-0.2, -0.15) is 4.98 Å². The molecule has 0 amide bonds. The average molecular weight is 234 g/mol. The molecule has 0 aromatic carbocycles. The van der Waals surface area contributed by atoms with Gasteiger partial charge in [-0.3, -0.25) is 0 Å². The van der Waals surface area contributed by atoms with Gasteiger partial charge in [0, 0.05) is 24.3 Å². The molecule has 1 aromatic rings. The third kappa shape index (κ3) is 3.32. The normalized spacial score (nSPS) is 23.0. The van der Waals surface area contributed by atoms with Gasteiger partial charge in [0.25, 0.3) is 0 Å². The van der Waals surface area contributed by atoms with Crippen molar-refractivity contribution in [3.05, 3.63) is 11.8 Å². The van der Waals surface area contributed by atoms with Gasteiger partial charge in [0.1, 0.15) is 5.82 Å². The lowest BCUT2D eigenvalue weighted by atomic mass is 9.82. The van der Waals surface area contributed by atoms with Crippen molar-refractivity contribution < 1.29 is 0 Å². The number of rotatable bonds is 5. The van der Waals surface area contributed by atoms with E-state index in [1.807, 2.05) is 13.0 Å². The fraction of sp³-hybridized carbons (Fsp3) is 0.692. The van der Waals surface area contributed by atoms with Crippen LogP contribution < -0.4 is 10.6 Å². The van der Waals surface area contributed by atoms with E-state index < -0.39 is 0 Å². The maximum atomic E-state index is 4.48. The predicted molar refractivity (Wildman–Crippen MR) is 71.4 cm³/mol. The second-order valence-corrected chi connectivity index (χ2v) is 5.06. The van der Waals surface area contributed by atoms with Gasteiger partial charge >= 0.3 is 0 Å².